The minimum atomic E-state index is -0.713. The van der Waals surface area contributed by atoms with Gasteiger partial charge in [0.05, 0.1) is 16.1 Å². The first-order chi connectivity index (χ1) is 11.9. The van der Waals surface area contributed by atoms with Gasteiger partial charge in [-0.2, -0.15) is 5.10 Å². The van der Waals surface area contributed by atoms with Crippen LogP contribution in [0.15, 0.2) is 41.1 Å². The number of amides is 1. The summed E-state index contributed by atoms with van der Waals surface area (Å²) in [6.07, 6.45) is 2.91. The summed E-state index contributed by atoms with van der Waals surface area (Å²) in [6.45, 7) is 3.16. The van der Waals surface area contributed by atoms with E-state index < -0.39 is 11.0 Å². The number of nitrogens with one attached hydrogen (secondary N) is 1. The summed E-state index contributed by atoms with van der Waals surface area (Å²) < 4.78 is 2.16. The Bertz CT molecular complexity index is 985. The second kappa shape index (κ2) is 6.60. The van der Waals surface area contributed by atoms with E-state index >= 15 is 0 Å². The molecule has 0 bridgehead atoms. The Morgan fingerprint density at radius 3 is 2.84 bits per heavy atom. The van der Waals surface area contributed by atoms with E-state index in [2.05, 4.69) is 31.3 Å². The number of nitrogens with zero attached hydrogens (tertiary/aromatic N) is 4. The average molecular weight is 404 g/mol. The second-order valence-corrected chi connectivity index (χ2v) is 6.35. The zero-order valence-electron chi connectivity index (χ0n) is 13.4. The van der Waals surface area contributed by atoms with Gasteiger partial charge in [-0.05, 0) is 32.0 Å². The monoisotopic (exact) mass is 403 g/mol. The number of aromatic nitrogens is 3. The third-order valence-electron chi connectivity index (χ3n) is 3.84. The first-order valence-corrected chi connectivity index (χ1v) is 8.22. The fourth-order valence-electron chi connectivity index (χ4n) is 2.45. The van der Waals surface area contributed by atoms with Crippen molar-refractivity contribution in [3.63, 3.8) is 0 Å². The largest absolute Gasteiger partial charge is 0.322 e. The van der Waals surface area contributed by atoms with E-state index in [0.29, 0.717) is 11.2 Å². The molecular weight excluding hydrogens is 390 g/mol. The molecular formula is C16H14BrN5O3. The molecule has 25 heavy (non-hydrogen) atoms. The maximum atomic E-state index is 12.6. The number of carbonyl (C=O) groups is 1. The molecule has 3 aromatic rings. The highest BCUT2D eigenvalue weighted by Gasteiger charge is 2.22. The SMILES string of the molecule is Cc1nn([C@@H](C)C(=O)Nc2ccc(Br)c3cccnc23)cc1[N+](=O)[O-]. The Kier molecular flexibility index (Phi) is 4.49. The fraction of sp³-hybridized carbons (Fsp3) is 0.188. The lowest BCUT2D eigenvalue weighted by Crippen LogP contribution is -2.24. The van der Waals surface area contributed by atoms with Crippen LogP contribution in [0.3, 0.4) is 0 Å². The number of hydrogen-bond donors (Lipinski definition) is 1. The van der Waals surface area contributed by atoms with E-state index in [0.717, 1.165) is 9.86 Å². The van der Waals surface area contributed by atoms with Crippen LogP contribution in [0.4, 0.5) is 11.4 Å². The summed E-state index contributed by atoms with van der Waals surface area (Å²) in [7, 11) is 0. The molecule has 0 unspecified atom stereocenters. The molecule has 128 valence electrons. The van der Waals surface area contributed by atoms with Crippen LogP contribution in [0.1, 0.15) is 18.7 Å². The number of aryl methyl sites for hydroxylation is 1. The molecule has 3 rings (SSSR count). The Balaban J connectivity index is 1.89. The molecule has 0 aliphatic carbocycles. The third-order valence-corrected chi connectivity index (χ3v) is 4.53. The first kappa shape index (κ1) is 17.0. The predicted octanol–water partition coefficient (Wildman–Crippen LogP) is 3.61. The highest BCUT2D eigenvalue weighted by molar-refractivity contribution is 9.10. The smallest absolute Gasteiger partial charge is 0.309 e. The van der Waals surface area contributed by atoms with Crippen molar-refractivity contribution >= 4 is 44.1 Å². The molecule has 1 aromatic carbocycles. The van der Waals surface area contributed by atoms with E-state index in [9.17, 15) is 14.9 Å². The maximum Gasteiger partial charge on any atom is 0.309 e. The first-order valence-electron chi connectivity index (χ1n) is 7.42. The Hall–Kier alpha value is -2.81. The van der Waals surface area contributed by atoms with Crippen LogP contribution in [0.2, 0.25) is 0 Å². The molecule has 0 aliphatic heterocycles. The summed E-state index contributed by atoms with van der Waals surface area (Å²) >= 11 is 3.46. The quantitative estimate of drug-likeness (QED) is 0.529. The Morgan fingerprint density at radius 2 is 2.16 bits per heavy atom. The zero-order valence-corrected chi connectivity index (χ0v) is 15.0. The highest BCUT2D eigenvalue weighted by atomic mass is 79.9. The van der Waals surface area contributed by atoms with Crippen LogP contribution >= 0.6 is 15.9 Å². The molecule has 2 heterocycles. The molecule has 1 atom stereocenters. The van der Waals surface area contributed by atoms with E-state index in [1.165, 1.54) is 17.8 Å². The molecule has 0 saturated heterocycles. The number of nitro groups is 1. The van der Waals surface area contributed by atoms with E-state index in [4.69, 9.17) is 0 Å². The number of pyridine rings is 1. The van der Waals surface area contributed by atoms with Crippen molar-refractivity contribution in [1.29, 1.82) is 0 Å². The number of hydrogen-bond acceptors (Lipinski definition) is 5. The molecule has 1 N–H and O–H groups in total. The lowest BCUT2D eigenvalue weighted by Gasteiger charge is -2.14. The van der Waals surface area contributed by atoms with Gasteiger partial charge in [-0.25, -0.2) is 0 Å². The van der Waals surface area contributed by atoms with Gasteiger partial charge in [-0.15, -0.1) is 0 Å². The van der Waals surface area contributed by atoms with Gasteiger partial charge in [0.2, 0.25) is 5.91 Å². The molecule has 0 radical (unpaired) electrons. The lowest BCUT2D eigenvalue weighted by molar-refractivity contribution is -0.385. The zero-order chi connectivity index (χ0) is 18.1. The number of benzene rings is 1. The number of halogens is 1. The predicted molar refractivity (Wildman–Crippen MR) is 96.4 cm³/mol. The van der Waals surface area contributed by atoms with Crippen molar-refractivity contribution in [2.75, 3.05) is 5.32 Å². The van der Waals surface area contributed by atoms with Crippen molar-refractivity contribution in [2.45, 2.75) is 19.9 Å². The standard InChI is InChI=1S/C16H14BrN5O3/c1-9-14(22(24)25)8-21(20-9)10(2)16(23)19-13-6-5-12(17)11-4-3-7-18-15(11)13/h3-8,10H,1-2H3,(H,19,23)/t10-/m0/s1. The van der Waals surface area contributed by atoms with Crippen LogP contribution in [-0.2, 0) is 4.79 Å². The molecule has 0 aliphatic rings. The van der Waals surface area contributed by atoms with Gasteiger partial charge in [0.1, 0.15) is 17.9 Å². The summed E-state index contributed by atoms with van der Waals surface area (Å²) in [5.74, 6) is -0.341. The minimum absolute atomic E-state index is 0.115. The summed E-state index contributed by atoms with van der Waals surface area (Å²) in [5, 5.41) is 18.7. The summed E-state index contributed by atoms with van der Waals surface area (Å²) in [4.78, 5) is 27.3. The van der Waals surface area contributed by atoms with Crippen LogP contribution in [0.5, 0.6) is 0 Å². The van der Waals surface area contributed by atoms with Crippen LogP contribution in [-0.4, -0.2) is 25.6 Å². The summed E-state index contributed by atoms with van der Waals surface area (Å²) in [6, 6.07) is 6.57. The molecule has 2 aromatic heterocycles. The van der Waals surface area contributed by atoms with E-state index in [1.807, 2.05) is 18.2 Å². The number of anilines is 1. The van der Waals surface area contributed by atoms with Crippen molar-refractivity contribution in [3.05, 3.63) is 56.9 Å². The number of carbonyl (C=O) groups excluding carboxylic acids is 1. The molecule has 0 saturated carbocycles. The molecule has 1 amide bonds. The van der Waals surface area contributed by atoms with Gasteiger partial charge in [-0.1, -0.05) is 22.0 Å². The van der Waals surface area contributed by atoms with Crippen LogP contribution < -0.4 is 5.32 Å². The van der Waals surface area contributed by atoms with Crippen LogP contribution in [0.25, 0.3) is 10.9 Å². The number of fused-ring (bicyclic) bond motifs is 1. The highest BCUT2D eigenvalue weighted by Crippen LogP contribution is 2.29. The van der Waals surface area contributed by atoms with E-state index in [-0.39, 0.29) is 17.3 Å². The maximum absolute atomic E-state index is 12.6. The summed E-state index contributed by atoms with van der Waals surface area (Å²) in [5.41, 5.74) is 1.37. The van der Waals surface area contributed by atoms with Crippen molar-refractivity contribution in [3.8, 4) is 0 Å². The van der Waals surface area contributed by atoms with Gasteiger partial charge < -0.3 is 5.32 Å². The topological polar surface area (TPSA) is 103 Å². The van der Waals surface area contributed by atoms with Gasteiger partial charge in [0, 0.05) is 16.1 Å². The number of rotatable bonds is 4. The minimum Gasteiger partial charge on any atom is -0.322 e. The van der Waals surface area contributed by atoms with Gasteiger partial charge in [-0.3, -0.25) is 24.6 Å². The molecule has 8 nitrogen and oxygen atoms in total. The molecule has 0 fully saturated rings. The third kappa shape index (κ3) is 3.22. The van der Waals surface area contributed by atoms with Crippen molar-refractivity contribution in [2.24, 2.45) is 0 Å². The fourth-order valence-corrected chi connectivity index (χ4v) is 2.90. The van der Waals surface area contributed by atoms with E-state index in [1.54, 1.807) is 19.2 Å². The van der Waals surface area contributed by atoms with Crippen LogP contribution in [0, 0.1) is 17.0 Å². The van der Waals surface area contributed by atoms with Gasteiger partial charge in [0.15, 0.2) is 0 Å². The molecule has 0 spiro atoms. The normalized spacial score (nSPS) is 12.1. The lowest BCUT2D eigenvalue weighted by atomic mass is 10.2. The Morgan fingerprint density at radius 1 is 1.40 bits per heavy atom. The van der Waals surface area contributed by atoms with Crippen molar-refractivity contribution in [1.82, 2.24) is 14.8 Å². The molecule has 9 heteroatoms. The van der Waals surface area contributed by atoms with Gasteiger partial charge in [0.25, 0.3) is 0 Å². The average Bonchev–Trinajstić information content (AvgIpc) is 2.99. The van der Waals surface area contributed by atoms with Gasteiger partial charge >= 0.3 is 5.69 Å². The van der Waals surface area contributed by atoms with Crippen molar-refractivity contribution < 1.29 is 9.72 Å². The second-order valence-electron chi connectivity index (χ2n) is 5.50. The Labute approximate surface area is 151 Å².